The molecule has 0 aromatic heterocycles. The average Bonchev–Trinajstić information content (AvgIpc) is 2.74. The lowest BCUT2D eigenvalue weighted by Crippen LogP contribution is -2.39. The number of fused-ring (bicyclic) bond motifs is 1. The Morgan fingerprint density at radius 2 is 1.58 bits per heavy atom. The highest BCUT2D eigenvalue weighted by molar-refractivity contribution is 7.97. The Kier molecular flexibility index (Phi) is 5.32. The summed E-state index contributed by atoms with van der Waals surface area (Å²) in [6, 6.07) is 16.9. The van der Waals surface area contributed by atoms with E-state index in [9.17, 15) is 22.0 Å². The van der Waals surface area contributed by atoms with Gasteiger partial charge in [0.2, 0.25) is 5.78 Å². The van der Waals surface area contributed by atoms with Crippen LogP contribution in [0.15, 0.2) is 77.8 Å². The molecule has 0 amide bonds. The Morgan fingerprint density at radius 3 is 2.26 bits per heavy atom. The van der Waals surface area contributed by atoms with Gasteiger partial charge in [0.15, 0.2) is 4.91 Å². The quantitative estimate of drug-likeness (QED) is 0.594. The van der Waals surface area contributed by atoms with Gasteiger partial charge in [0.1, 0.15) is 17.3 Å². The van der Waals surface area contributed by atoms with E-state index >= 15 is 0 Å². The number of halogens is 2. The molecule has 3 aromatic carbocycles. The molecule has 1 aliphatic rings. The first-order chi connectivity index (χ1) is 14.8. The molecule has 1 aliphatic heterocycles. The van der Waals surface area contributed by atoms with Crippen molar-refractivity contribution in [3.05, 3.63) is 106 Å². The van der Waals surface area contributed by atoms with Crippen LogP contribution in [0.5, 0.6) is 0 Å². The minimum atomic E-state index is -4.29. The van der Waals surface area contributed by atoms with Crippen LogP contribution in [0.4, 0.5) is 20.2 Å². The lowest BCUT2D eigenvalue weighted by atomic mass is 10.1. The zero-order chi connectivity index (χ0) is 22.2. The zero-order valence-corrected chi connectivity index (χ0v) is 17.3. The summed E-state index contributed by atoms with van der Waals surface area (Å²) in [5, 5.41) is 2.32. The molecule has 0 unspecified atom stereocenters. The maximum Gasteiger partial charge on any atom is 0.270 e. The number of Topliss-reactive ketones (excluding diaryl/α,β-unsaturated/α-hetero) is 1. The molecular weight excluding hydrogens is 422 g/mol. The summed E-state index contributed by atoms with van der Waals surface area (Å²) in [7, 11) is -4.29. The molecule has 4 rings (SSSR count). The van der Waals surface area contributed by atoms with Crippen molar-refractivity contribution in [1.29, 1.82) is 0 Å². The summed E-state index contributed by atoms with van der Waals surface area (Å²) in [5.41, 5.74) is 1.65. The van der Waals surface area contributed by atoms with Gasteiger partial charge in [-0.3, -0.25) is 9.10 Å². The van der Waals surface area contributed by atoms with Crippen LogP contribution in [0.1, 0.15) is 21.5 Å². The van der Waals surface area contributed by atoms with Gasteiger partial charge in [-0.2, -0.15) is 0 Å². The van der Waals surface area contributed by atoms with Crippen LogP contribution in [0.3, 0.4) is 0 Å². The molecule has 31 heavy (non-hydrogen) atoms. The van der Waals surface area contributed by atoms with E-state index in [1.807, 2.05) is 19.1 Å². The predicted octanol–water partition coefficient (Wildman–Crippen LogP) is 4.76. The number of carbonyl (C=O) groups excluding carboxylic acids is 1. The lowest BCUT2D eigenvalue weighted by Gasteiger charge is -2.31. The highest BCUT2D eigenvalue weighted by atomic mass is 32.2. The van der Waals surface area contributed by atoms with Gasteiger partial charge in [-0.1, -0.05) is 48.0 Å². The fourth-order valence-electron chi connectivity index (χ4n) is 3.32. The summed E-state index contributed by atoms with van der Waals surface area (Å²) in [6.07, 6.45) is 0.844. The number of aryl methyl sites for hydroxylation is 1. The van der Waals surface area contributed by atoms with E-state index in [0.29, 0.717) is 0 Å². The van der Waals surface area contributed by atoms with Crippen molar-refractivity contribution in [3.8, 4) is 0 Å². The highest BCUT2D eigenvalue weighted by Gasteiger charge is 2.40. The number of rotatable bonds is 4. The third-order valence-electron chi connectivity index (χ3n) is 4.97. The minimum Gasteiger partial charge on any atom is -0.355 e. The number of benzene rings is 3. The Morgan fingerprint density at radius 1 is 0.935 bits per heavy atom. The van der Waals surface area contributed by atoms with Crippen LogP contribution < -0.4 is 9.62 Å². The molecule has 8 heteroatoms. The number of ketones is 1. The second kappa shape index (κ2) is 7.96. The minimum absolute atomic E-state index is 0.00168. The summed E-state index contributed by atoms with van der Waals surface area (Å²) < 4.78 is 55.7. The molecule has 158 valence electrons. The van der Waals surface area contributed by atoms with Crippen molar-refractivity contribution in [2.45, 2.75) is 13.5 Å². The third-order valence-corrected chi connectivity index (χ3v) is 6.73. The molecular formula is C23H18F2N2O3S. The summed E-state index contributed by atoms with van der Waals surface area (Å²) in [5.74, 6) is -2.57. The average molecular weight is 440 g/mol. The van der Waals surface area contributed by atoms with Gasteiger partial charge in [-0.15, -0.1) is 0 Å². The van der Waals surface area contributed by atoms with Crippen LogP contribution in [-0.2, 0) is 16.6 Å². The number of allylic oxidation sites excluding steroid dienone is 1. The zero-order valence-electron chi connectivity index (χ0n) is 16.5. The maximum atomic E-state index is 14.0. The van der Waals surface area contributed by atoms with Crippen molar-refractivity contribution >= 4 is 27.2 Å². The molecule has 0 fully saturated rings. The number of sulfonamides is 1. The van der Waals surface area contributed by atoms with E-state index in [1.54, 1.807) is 30.3 Å². The molecule has 0 radical (unpaired) electrons. The van der Waals surface area contributed by atoms with Crippen molar-refractivity contribution in [3.63, 3.8) is 0 Å². The molecule has 0 saturated carbocycles. The first kappa shape index (κ1) is 20.7. The van der Waals surface area contributed by atoms with Crippen LogP contribution in [0.25, 0.3) is 0 Å². The molecule has 0 bridgehead atoms. The van der Waals surface area contributed by atoms with E-state index in [1.165, 1.54) is 12.1 Å². The van der Waals surface area contributed by atoms with Crippen molar-refractivity contribution < 1.29 is 22.0 Å². The molecule has 3 aromatic rings. The van der Waals surface area contributed by atoms with E-state index in [4.69, 9.17) is 0 Å². The fourth-order valence-corrected chi connectivity index (χ4v) is 4.85. The molecule has 0 saturated heterocycles. The Balaban J connectivity index is 1.80. The maximum absolute atomic E-state index is 14.0. The Labute approximate surface area is 178 Å². The third kappa shape index (κ3) is 3.82. The molecule has 1 heterocycles. The Hall–Kier alpha value is -3.52. The SMILES string of the molecule is Cc1ccc(CN2c3ccccc3C(=O)C(=CNc3c(F)cccc3F)S2(=O)=O)cc1. The van der Waals surface area contributed by atoms with Crippen LogP contribution in [-0.4, -0.2) is 14.2 Å². The van der Waals surface area contributed by atoms with Gasteiger partial charge in [0.05, 0.1) is 12.2 Å². The molecule has 0 aliphatic carbocycles. The largest absolute Gasteiger partial charge is 0.355 e. The van der Waals surface area contributed by atoms with Gasteiger partial charge < -0.3 is 5.32 Å². The van der Waals surface area contributed by atoms with Gasteiger partial charge in [0, 0.05) is 11.8 Å². The highest BCUT2D eigenvalue weighted by Crippen LogP contribution is 2.36. The summed E-state index contributed by atoms with van der Waals surface area (Å²) in [4.78, 5) is 12.4. The van der Waals surface area contributed by atoms with Crippen LogP contribution in [0.2, 0.25) is 0 Å². The van der Waals surface area contributed by atoms with Crippen LogP contribution in [0, 0.1) is 18.6 Å². The number of carbonyl (C=O) groups is 1. The first-order valence-electron chi connectivity index (χ1n) is 9.42. The van der Waals surface area contributed by atoms with E-state index in [2.05, 4.69) is 5.32 Å². The van der Waals surface area contributed by atoms with Crippen molar-refractivity contribution in [2.24, 2.45) is 0 Å². The first-order valence-corrected chi connectivity index (χ1v) is 10.9. The van der Waals surface area contributed by atoms with E-state index in [0.717, 1.165) is 33.8 Å². The fraction of sp³-hybridized carbons (Fsp3) is 0.0870. The lowest BCUT2D eigenvalue weighted by molar-refractivity contribution is 0.104. The second-order valence-electron chi connectivity index (χ2n) is 7.09. The number of hydrogen-bond donors (Lipinski definition) is 1. The molecule has 1 N–H and O–H groups in total. The van der Waals surface area contributed by atoms with E-state index < -0.39 is 38.0 Å². The normalized spacial score (nSPS) is 16.3. The number of anilines is 2. The molecule has 5 nitrogen and oxygen atoms in total. The van der Waals surface area contributed by atoms with Gasteiger partial charge in [-0.25, -0.2) is 17.2 Å². The van der Waals surface area contributed by atoms with Gasteiger partial charge >= 0.3 is 0 Å². The number of nitrogens with zero attached hydrogens (tertiary/aromatic N) is 1. The summed E-state index contributed by atoms with van der Waals surface area (Å²) in [6.45, 7) is 1.92. The van der Waals surface area contributed by atoms with Gasteiger partial charge in [-0.05, 0) is 36.8 Å². The standard InChI is InChI=1S/C23H18F2N2O3S/c1-15-9-11-16(12-10-15)14-27-20-8-3-2-5-17(20)23(28)21(31(27,29)30)13-26-22-18(24)6-4-7-19(22)25/h2-13,26H,14H2,1H3. The van der Waals surface area contributed by atoms with Crippen molar-refractivity contribution in [1.82, 2.24) is 0 Å². The molecule has 0 spiro atoms. The van der Waals surface area contributed by atoms with Crippen LogP contribution >= 0.6 is 0 Å². The predicted molar refractivity (Wildman–Crippen MR) is 115 cm³/mol. The smallest absolute Gasteiger partial charge is 0.270 e. The number of hydrogen-bond acceptors (Lipinski definition) is 4. The van der Waals surface area contributed by atoms with Crippen molar-refractivity contribution in [2.75, 3.05) is 9.62 Å². The Bertz CT molecular complexity index is 1280. The summed E-state index contributed by atoms with van der Waals surface area (Å²) >= 11 is 0. The van der Waals surface area contributed by atoms with E-state index in [-0.39, 0.29) is 17.8 Å². The monoisotopic (exact) mass is 440 g/mol. The number of nitrogens with one attached hydrogen (secondary N) is 1. The number of para-hydroxylation sites is 2. The topological polar surface area (TPSA) is 66.5 Å². The van der Waals surface area contributed by atoms with Gasteiger partial charge in [0.25, 0.3) is 10.0 Å². The second-order valence-corrected chi connectivity index (χ2v) is 8.92. The molecule has 0 atom stereocenters.